The van der Waals surface area contributed by atoms with E-state index in [0.29, 0.717) is 5.92 Å². The second-order valence-corrected chi connectivity index (χ2v) is 21.8. The van der Waals surface area contributed by atoms with Crippen molar-refractivity contribution < 1.29 is 4.79 Å². The average Bonchev–Trinajstić information content (AvgIpc) is 2.73. The summed E-state index contributed by atoms with van der Waals surface area (Å²) in [5, 5.41) is 2.92. The highest BCUT2D eigenvalue weighted by Crippen LogP contribution is 2.53. The standard InChI is InChI=1S/C29H42OSi2/c1-21(2)32(22(3)4,23(5)6)20-25-19-27(31(7,8)26-17-13-10-14-18-26)28(25)29(30)24-15-11-9-12-16-24/h9-18,21-23,25H,19-20H2,1-8H3. The number of carbonyl (C=O) groups excluding carboxylic acids is 1. The van der Waals surface area contributed by atoms with E-state index in [1.54, 1.807) is 0 Å². The van der Waals surface area contributed by atoms with Crippen molar-refractivity contribution >= 4 is 27.1 Å². The Morgan fingerprint density at radius 1 is 0.812 bits per heavy atom. The minimum Gasteiger partial charge on any atom is -0.289 e. The summed E-state index contributed by atoms with van der Waals surface area (Å²) in [6, 6.07) is 22.2. The van der Waals surface area contributed by atoms with E-state index in [4.69, 9.17) is 0 Å². The molecule has 1 atom stereocenters. The minimum absolute atomic E-state index is 0.285. The Bertz CT molecular complexity index is 933. The highest BCUT2D eigenvalue weighted by Gasteiger charge is 2.50. The van der Waals surface area contributed by atoms with Crippen LogP contribution in [0, 0.1) is 5.92 Å². The minimum atomic E-state index is -1.88. The molecule has 3 rings (SSSR count). The van der Waals surface area contributed by atoms with Crippen LogP contribution in [0.3, 0.4) is 0 Å². The summed E-state index contributed by atoms with van der Waals surface area (Å²) >= 11 is 0. The molecule has 32 heavy (non-hydrogen) atoms. The number of ketones is 1. The van der Waals surface area contributed by atoms with Crippen molar-refractivity contribution in [2.45, 2.75) is 83.7 Å². The smallest absolute Gasteiger partial charge is 0.188 e. The molecule has 0 fully saturated rings. The molecule has 0 spiro atoms. The lowest BCUT2D eigenvalue weighted by molar-refractivity contribution is 0.101. The van der Waals surface area contributed by atoms with Gasteiger partial charge in [0.15, 0.2) is 5.78 Å². The van der Waals surface area contributed by atoms with E-state index in [-0.39, 0.29) is 5.78 Å². The van der Waals surface area contributed by atoms with Crippen molar-refractivity contribution in [1.29, 1.82) is 0 Å². The molecule has 1 unspecified atom stereocenters. The summed E-state index contributed by atoms with van der Waals surface area (Å²) < 4.78 is 0. The molecule has 1 aliphatic carbocycles. The van der Waals surface area contributed by atoms with Crippen LogP contribution in [-0.4, -0.2) is 21.9 Å². The van der Waals surface area contributed by atoms with Crippen LogP contribution in [0.5, 0.6) is 0 Å². The second-order valence-electron chi connectivity index (χ2n) is 11.3. The lowest BCUT2D eigenvalue weighted by atomic mass is 9.81. The number of hydrogen-bond acceptors (Lipinski definition) is 1. The zero-order valence-corrected chi connectivity index (χ0v) is 23.4. The molecule has 0 saturated carbocycles. The number of benzene rings is 2. The van der Waals surface area contributed by atoms with Gasteiger partial charge in [0.25, 0.3) is 0 Å². The third-order valence-corrected chi connectivity index (χ3v) is 19.9. The lowest BCUT2D eigenvalue weighted by Crippen LogP contribution is -2.52. The Balaban J connectivity index is 2.09. The van der Waals surface area contributed by atoms with Crippen molar-refractivity contribution in [1.82, 2.24) is 0 Å². The fraction of sp³-hybridized carbons (Fsp3) is 0.483. The summed E-state index contributed by atoms with van der Waals surface area (Å²) in [5.74, 6) is 0.708. The molecule has 0 aromatic heterocycles. The van der Waals surface area contributed by atoms with Gasteiger partial charge in [-0.1, -0.05) is 142 Å². The molecule has 1 aliphatic rings. The van der Waals surface area contributed by atoms with Gasteiger partial charge in [0.1, 0.15) is 8.07 Å². The molecule has 2 aromatic carbocycles. The maximum atomic E-state index is 13.9. The van der Waals surface area contributed by atoms with Gasteiger partial charge in [-0.15, -0.1) is 0 Å². The van der Waals surface area contributed by atoms with Crippen molar-refractivity contribution in [3.8, 4) is 0 Å². The Morgan fingerprint density at radius 3 is 1.75 bits per heavy atom. The quantitative estimate of drug-likeness (QED) is 0.272. The number of allylic oxidation sites excluding steroid dienone is 2. The van der Waals surface area contributed by atoms with Crippen molar-refractivity contribution in [2.24, 2.45) is 5.92 Å². The number of hydrogen-bond donors (Lipinski definition) is 0. The number of Topliss-reactive ketones (excluding diaryl/α,β-unsaturated/α-hetero) is 1. The Kier molecular flexibility index (Phi) is 7.51. The van der Waals surface area contributed by atoms with Crippen LogP contribution in [0.1, 0.15) is 58.3 Å². The monoisotopic (exact) mass is 462 g/mol. The van der Waals surface area contributed by atoms with Crippen LogP contribution in [0.4, 0.5) is 0 Å². The maximum Gasteiger partial charge on any atom is 0.188 e. The van der Waals surface area contributed by atoms with Gasteiger partial charge < -0.3 is 0 Å². The zero-order valence-electron chi connectivity index (χ0n) is 21.4. The zero-order chi connectivity index (χ0) is 23.7. The second kappa shape index (κ2) is 9.64. The molecule has 172 valence electrons. The van der Waals surface area contributed by atoms with Gasteiger partial charge in [0, 0.05) is 5.56 Å². The van der Waals surface area contributed by atoms with Crippen molar-refractivity contribution in [3.63, 3.8) is 0 Å². The largest absolute Gasteiger partial charge is 0.289 e. The summed E-state index contributed by atoms with van der Waals surface area (Å²) in [6.45, 7) is 19.5. The number of rotatable bonds is 9. The molecule has 0 heterocycles. The fourth-order valence-corrected chi connectivity index (χ4v) is 16.3. The van der Waals surface area contributed by atoms with Gasteiger partial charge in [0.2, 0.25) is 0 Å². The van der Waals surface area contributed by atoms with E-state index in [2.05, 4.69) is 85.0 Å². The molecule has 3 heteroatoms. The molecule has 0 amide bonds. The molecule has 0 aliphatic heterocycles. The van der Waals surface area contributed by atoms with Crippen LogP contribution in [0.15, 0.2) is 71.4 Å². The van der Waals surface area contributed by atoms with E-state index < -0.39 is 16.1 Å². The SMILES string of the molecule is CC(C)[Si](CC1CC([Si](C)(C)c2ccccc2)=C1C(=O)c1ccccc1)(C(C)C)C(C)C. The van der Waals surface area contributed by atoms with Gasteiger partial charge in [0.05, 0.1) is 8.07 Å². The first-order valence-electron chi connectivity index (χ1n) is 12.4. The van der Waals surface area contributed by atoms with Gasteiger partial charge in [-0.3, -0.25) is 4.79 Å². The van der Waals surface area contributed by atoms with Crippen LogP contribution in [-0.2, 0) is 0 Å². The molecule has 2 aromatic rings. The topological polar surface area (TPSA) is 17.1 Å². The third-order valence-electron chi connectivity index (χ3n) is 8.54. The normalized spacial score (nSPS) is 17.3. The van der Waals surface area contributed by atoms with E-state index in [1.165, 1.54) is 22.0 Å². The Labute approximate surface area is 198 Å². The number of carbonyl (C=O) groups is 1. The van der Waals surface area contributed by atoms with Gasteiger partial charge in [-0.2, -0.15) is 0 Å². The summed E-state index contributed by atoms with van der Waals surface area (Å²) in [4.78, 5) is 13.9. The first-order chi connectivity index (χ1) is 15.0. The molecule has 0 saturated heterocycles. The highest BCUT2D eigenvalue weighted by atomic mass is 28.3. The van der Waals surface area contributed by atoms with E-state index in [9.17, 15) is 4.79 Å². The molecular weight excluding hydrogens is 420 g/mol. The predicted octanol–water partition coefficient (Wildman–Crippen LogP) is 8.02. The fourth-order valence-electron chi connectivity index (χ4n) is 6.57. The molecule has 0 N–H and O–H groups in total. The van der Waals surface area contributed by atoms with Crippen LogP contribution in [0.25, 0.3) is 0 Å². The summed E-state index contributed by atoms with van der Waals surface area (Å²) in [5.41, 5.74) is 4.20. The lowest BCUT2D eigenvalue weighted by Gasteiger charge is -2.49. The Hall–Kier alpha value is -1.72. The van der Waals surface area contributed by atoms with Crippen LogP contribution >= 0.6 is 0 Å². The average molecular weight is 463 g/mol. The van der Waals surface area contributed by atoms with Gasteiger partial charge in [-0.25, -0.2) is 0 Å². The van der Waals surface area contributed by atoms with E-state index in [1.807, 2.05) is 30.3 Å². The predicted molar refractivity (Wildman–Crippen MR) is 145 cm³/mol. The van der Waals surface area contributed by atoms with Crippen molar-refractivity contribution in [2.75, 3.05) is 0 Å². The van der Waals surface area contributed by atoms with E-state index in [0.717, 1.165) is 28.6 Å². The Morgan fingerprint density at radius 2 is 1.28 bits per heavy atom. The van der Waals surface area contributed by atoms with Crippen LogP contribution in [0.2, 0.25) is 35.8 Å². The van der Waals surface area contributed by atoms with E-state index >= 15 is 0 Å². The molecule has 0 radical (unpaired) electrons. The molecule has 0 bridgehead atoms. The third kappa shape index (κ3) is 4.39. The van der Waals surface area contributed by atoms with Gasteiger partial charge >= 0.3 is 0 Å². The molecular formula is C29H42OSi2. The summed E-state index contributed by atoms with van der Waals surface area (Å²) in [6.07, 6.45) is 1.11. The first kappa shape index (κ1) is 24.9. The molecule has 1 nitrogen and oxygen atoms in total. The maximum absolute atomic E-state index is 13.9. The van der Waals surface area contributed by atoms with Crippen molar-refractivity contribution in [3.05, 3.63) is 77.0 Å². The first-order valence-corrected chi connectivity index (χ1v) is 17.9. The van der Waals surface area contributed by atoms with Gasteiger partial charge in [-0.05, 0) is 24.0 Å². The van der Waals surface area contributed by atoms with Crippen LogP contribution < -0.4 is 5.19 Å². The summed E-state index contributed by atoms with van der Waals surface area (Å²) in [7, 11) is -3.47. The highest BCUT2D eigenvalue weighted by molar-refractivity contribution is 6.96.